The summed E-state index contributed by atoms with van der Waals surface area (Å²) in [5.41, 5.74) is -1.96. The molecule has 2 nitrogen and oxygen atoms in total. The Hall–Kier alpha value is -0.220. The normalized spacial score (nSPS) is 17.4. The molecule has 10 heavy (non-hydrogen) atoms. The highest BCUT2D eigenvalue weighted by atomic mass is 19.3. The van der Waals surface area contributed by atoms with Crippen LogP contribution in [0.5, 0.6) is 0 Å². The lowest BCUT2D eigenvalue weighted by molar-refractivity contribution is -0.132. The van der Waals surface area contributed by atoms with Crippen molar-refractivity contribution >= 4 is 0 Å². The van der Waals surface area contributed by atoms with E-state index >= 15 is 0 Å². The van der Waals surface area contributed by atoms with E-state index in [0.717, 1.165) is 0 Å². The van der Waals surface area contributed by atoms with Gasteiger partial charge in [-0.25, -0.2) is 8.78 Å². The van der Waals surface area contributed by atoms with E-state index in [4.69, 9.17) is 5.11 Å². The summed E-state index contributed by atoms with van der Waals surface area (Å²) in [5.74, 6) is 0. The minimum atomic E-state index is -2.74. The van der Waals surface area contributed by atoms with Gasteiger partial charge in [-0.1, -0.05) is 6.92 Å². The van der Waals surface area contributed by atoms with E-state index in [0.29, 0.717) is 0 Å². The van der Waals surface area contributed by atoms with Gasteiger partial charge in [0.25, 0.3) is 6.43 Å². The average molecular weight is 154 g/mol. The first-order chi connectivity index (χ1) is 4.56. The zero-order valence-electron chi connectivity index (χ0n) is 6.10. The molecular weight excluding hydrogens is 142 g/mol. The first kappa shape index (κ1) is 9.78. The van der Waals surface area contributed by atoms with E-state index < -0.39 is 12.0 Å². The van der Waals surface area contributed by atoms with Crippen molar-refractivity contribution in [2.45, 2.75) is 25.4 Å². The molecule has 1 unspecified atom stereocenters. The Morgan fingerprint density at radius 1 is 1.60 bits per heavy atom. The molecule has 0 radical (unpaired) electrons. The van der Waals surface area contributed by atoms with Gasteiger partial charge in [0.1, 0.15) is 5.60 Å². The maximum atomic E-state index is 11.9. The third-order valence-electron chi connectivity index (χ3n) is 1.41. The van der Waals surface area contributed by atoms with Crippen LogP contribution in [0.2, 0.25) is 0 Å². The summed E-state index contributed by atoms with van der Waals surface area (Å²) in [5, 5.41) is 9.02. The Labute approximate surface area is 58.8 Å². The Bertz CT molecular complexity index is 97.7. The van der Waals surface area contributed by atoms with Gasteiger partial charge in [0.2, 0.25) is 0 Å². The Kier molecular flexibility index (Phi) is 3.75. The molecule has 0 aromatic heterocycles. The fourth-order valence-electron chi connectivity index (χ4n) is 0.569. The average Bonchev–Trinajstić information content (AvgIpc) is 1.88. The lowest BCUT2D eigenvalue weighted by Crippen LogP contribution is -2.41. The summed E-state index contributed by atoms with van der Waals surface area (Å²) >= 11 is 0. The molecule has 0 aromatic carbocycles. The zero-order valence-corrected chi connectivity index (χ0v) is 6.10. The molecule has 62 valence electrons. The Balaban J connectivity index is 3.94. The maximum Gasteiger partial charge on any atom is 0.269 e. The molecule has 0 aromatic rings. The predicted molar refractivity (Wildman–Crippen MR) is 33.1 cm³/mol. The number of hydrogen-bond acceptors (Lipinski definition) is 2. The molecule has 0 aliphatic heterocycles. The number of ether oxygens (including phenoxy) is 1. The van der Waals surface area contributed by atoms with Crippen molar-refractivity contribution in [2.24, 2.45) is 0 Å². The van der Waals surface area contributed by atoms with Crippen LogP contribution in [0.1, 0.15) is 13.3 Å². The third kappa shape index (κ3) is 2.19. The Morgan fingerprint density at radius 2 is 2.10 bits per heavy atom. The molecule has 1 N–H and O–H groups in total. The fourth-order valence-corrected chi connectivity index (χ4v) is 0.569. The molecule has 0 rings (SSSR count). The molecule has 0 bridgehead atoms. The Morgan fingerprint density at radius 3 is 2.20 bits per heavy atom. The molecule has 0 amide bonds. The number of halogens is 2. The summed E-state index contributed by atoms with van der Waals surface area (Å²) in [6.45, 7) is 1.17. The summed E-state index contributed by atoms with van der Waals surface area (Å²) in [7, 11) is 1.28. The third-order valence-corrected chi connectivity index (χ3v) is 1.41. The van der Waals surface area contributed by atoms with Crippen LogP contribution in [-0.4, -0.2) is 30.8 Å². The summed E-state index contributed by atoms with van der Waals surface area (Å²) in [4.78, 5) is 0. The predicted octanol–water partition coefficient (Wildman–Crippen LogP) is 1.04. The molecule has 0 fully saturated rings. The lowest BCUT2D eigenvalue weighted by Gasteiger charge is -2.24. The van der Waals surface area contributed by atoms with E-state index in [1.165, 1.54) is 14.0 Å². The minimum absolute atomic E-state index is 0.00148. The second kappa shape index (κ2) is 3.83. The van der Waals surface area contributed by atoms with E-state index in [9.17, 15) is 8.78 Å². The van der Waals surface area contributed by atoms with Gasteiger partial charge < -0.3 is 9.84 Å². The van der Waals surface area contributed by atoms with Gasteiger partial charge in [-0.2, -0.15) is 0 Å². The van der Waals surface area contributed by atoms with Crippen LogP contribution in [0.4, 0.5) is 8.78 Å². The van der Waals surface area contributed by atoms with Crippen molar-refractivity contribution in [3.05, 3.63) is 0 Å². The van der Waals surface area contributed by atoms with Gasteiger partial charge in [0, 0.05) is 7.11 Å². The summed E-state index contributed by atoms with van der Waals surface area (Å²) in [6.07, 6.45) is -2.74. The number of methoxy groups -OCH3 is 1. The molecule has 0 spiro atoms. The van der Waals surface area contributed by atoms with Gasteiger partial charge in [0.05, 0.1) is 6.61 Å². The SMILES string of the molecule is CCC(O)(COC)C(F)F. The van der Waals surface area contributed by atoms with E-state index in [-0.39, 0.29) is 13.0 Å². The molecule has 0 heterocycles. The van der Waals surface area contributed by atoms with Crippen LogP contribution in [-0.2, 0) is 4.74 Å². The van der Waals surface area contributed by atoms with E-state index in [1.807, 2.05) is 0 Å². The standard InChI is InChI=1S/C6H12F2O2/c1-3-6(9,4-10-2)5(7)8/h5,9H,3-4H2,1-2H3. The molecule has 0 aliphatic carbocycles. The minimum Gasteiger partial charge on any atom is -0.381 e. The fraction of sp³-hybridized carbons (Fsp3) is 1.00. The zero-order chi connectivity index (χ0) is 8.20. The van der Waals surface area contributed by atoms with Gasteiger partial charge in [-0.3, -0.25) is 0 Å². The maximum absolute atomic E-state index is 11.9. The summed E-state index contributed by atoms with van der Waals surface area (Å²) < 4.78 is 28.3. The van der Waals surface area contributed by atoms with Crippen molar-refractivity contribution in [3.8, 4) is 0 Å². The molecule has 0 saturated carbocycles. The highest BCUT2D eigenvalue weighted by molar-refractivity contribution is 4.78. The number of aliphatic hydroxyl groups is 1. The second-order valence-electron chi connectivity index (χ2n) is 2.19. The van der Waals surface area contributed by atoms with Crippen LogP contribution >= 0.6 is 0 Å². The van der Waals surface area contributed by atoms with Crippen molar-refractivity contribution in [1.82, 2.24) is 0 Å². The topological polar surface area (TPSA) is 29.5 Å². The molecular formula is C6H12F2O2. The smallest absolute Gasteiger partial charge is 0.269 e. The number of alkyl halides is 2. The van der Waals surface area contributed by atoms with Crippen molar-refractivity contribution in [3.63, 3.8) is 0 Å². The van der Waals surface area contributed by atoms with Gasteiger partial charge in [-0.05, 0) is 6.42 Å². The van der Waals surface area contributed by atoms with E-state index in [2.05, 4.69) is 4.74 Å². The van der Waals surface area contributed by atoms with Crippen LogP contribution in [0, 0.1) is 0 Å². The number of rotatable bonds is 4. The van der Waals surface area contributed by atoms with Crippen LogP contribution in [0.25, 0.3) is 0 Å². The lowest BCUT2D eigenvalue weighted by atomic mass is 10.0. The van der Waals surface area contributed by atoms with Crippen LogP contribution in [0.3, 0.4) is 0 Å². The molecule has 0 aliphatic rings. The molecule has 1 atom stereocenters. The highest BCUT2D eigenvalue weighted by Crippen LogP contribution is 2.19. The largest absolute Gasteiger partial charge is 0.381 e. The highest BCUT2D eigenvalue weighted by Gasteiger charge is 2.35. The van der Waals surface area contributed by atoms with Crippen molar-refractivity contribution < 1.29 is 18.6 Å². The van der Waals surface area contributed by atoms with Crippen LogP contribution in [0.15, 0.2) is 0 Å². The second-order valence-corrected chi connectivity index (χ2v) is 2.19. The summed E-state index contributed by atoms with van der Waals surface area (Å²) in [6, 6.07) is 0. The van der Waals surface area contributed by atoms with Crippen molar-refractivity contribution in [1.29, 1.82) is 0 Å². The van der Waals surface area contributed by atoms with Crippen molar-refractivity contribution in [2.75, 3.05) is 13.7 Å². The first-order valence-corrected chi connectivity index (χ1v) is 3.06. The first-order valence-electron chi connectivity index (χ1n) is 3.06. The van der Waals surface area contributed by atoms with Gasteiger partial charge >= 0.3 is 0 Å². The number of hydrogen-bond donors (Lipinski definition) is 1. The van der Waals surface area contributed by atoms with Gasteiger partial charge in [0.15, 0.2) is 0 Å². The van der Waals surface area contributed by atoms with E-state index in [1.54, 1.807) is 0 Å². The molecule has 0 saturated heterocycles. The monoisotopic (exact) mass is 154 g/mol. The molecule has 4 heteroatoms. The van der Waals surface area contributed by atoms with Gasteiger partial charge in [-0.15, -0.1) is 0 Å². The van der Waals surface area contributed by atoms with Crippen LogP contribution < -0.4 is 0 Å². The quantitative estimate of drug-likeness (QED) is 0.655.